The number of nitrogens with one attached hydrogen (secondary N) is 1. The zero-order valence-corrected chi connectivity index (χ0v) is 18.6. The minimum atomic E-state index is -0.891. The zero-order valence-electron chi connectivity index (χ0n) is 17.0. The maximum absolute atomic E-state index is 15.0. The van der Waals surface area contributed by atoms with Crippen LogP contribution in [0.3, 0.4) is 0 Å². The number of halogens is 3. The van der Waals surface area contributed by atoms with E-state index in [1.165, 1.54) is 30.8 Å². The molecule has 0 saturated carbocycles. The first-order valence-corrected chi connectivity index (χ1v) is 10.1. The summed E-state index contributed by atoms with van der Waals surface area (Å²) in [5.74, 6) is -2.30. The maximum Gasteiger partial charge on any atom is 0.343 e. The van der Waals surface area contributed by atoms with Crippen molar-refractivity contribution in [3.8, 4) is 5.69 Å². The fourth-order valence-corrected chi connectivity index (χ4v) is 4.19. The summed E-state index contributed by atoms with van der Waals surface area (Å²) >= 11 is 3.33. The number of nitrogens with zero attached hydrogens (tertiary/aromatic N) is 1. The number of carbonyl (C=O) groups is 1. The van der Waals surface area contributed by atoms with E-state index in [0.29, 0.717) is 0 Å². The molecule has 1 heterocycles. The third-order valence-corrected chi connectivity index (χ3v) is 5.70. The highest BCUT2D eigenvalue weighted by Crippen LogP contribution is 2.37. The SMILES string of the molecule is CCOC(=O)c1cn(-c2cc(N)c(F)cc2CO)c2c(Br)c(NC)c(F)c(C)c2c1=O. The molecule has 3 aromatic rings. The Kier molecular flexibility index (Phi) is 6.33. The van der Waals surface area contributed by atoms with Crippen LogP contribution in [0.1, 0.15) is 28.4 Å². The van der Waals surface area contributed by atoms with Crippen LogP contribution in [-0.4, -0.2) is 29.3 Å². The van der Waals surface area contributed by atoms with Gasteiger partial charge in [-0.25, -0.2) is 13.6 Å². The van der Waals surface area contributed by atoms with E-state index >= 15 is 0 Å². The van der Waals surface area contributed by atoms with Crippen molar-refractivity contribution in [2.24, 2.45) is 0 Å². The minimum absolute atomic E-state index is 0.00748. The van der Waals surface area contributed by atoms with Crippen molar-refractivity contribution in [3.05, 3.63) is 61.4 Å². The minimum Gasteiger partial charge on any atom is -0.462 e. The number of aliphatic hydroxyl groups is 1. The molecule has 0 aliphatic rings. The average molecular weight is 496 g/mol. The summed E-state index contributed by atoms with van der Waals surface area (Å²) in [6.07, 6.45) is 1.22. The smallest absolute Gasteiger partial charge is 0.343 e. The second kappa shape index (κ2) is 8.64. The van der Waals surface area contributed by atoms with Crippen LogP contribution in [0.25, 0.3) is 16.6 Å². The van der Waals surface area contributed by atoms with Crippen molar-refractivity contribution < 1.29 is 23.4 Å². The van der Waals surface area contributed by atoms with Gasteiger partial charge in [0.15, 0.2) is 5.82 Å². The zero-order chi connectivity index (χ0) is 23.0. The number of carbonyl (C=O) groups excluding carboxylic acids is 1. The highest BCUT2D eigenvalue weighted by Gasteiger charge is 2.25. The lowest BCUT2D eigenvalue weighted by Crippen LogP contribution is -2.22. The number of pyridine rings is 1. The number of ether oxygens (including phenoxy) is 1. The summed E-state index contributed by atoms with van der Waals surface area (Å²) in [5.41, 5.74) is 5.14. The first kappa shape index (κ1) is 22.7. The monoisotopic (exact) mass is 495 g/mol. The number of hydrogen-bond donors (Lipinski definition) is 3. The average Bonchev–Trinajstić information content (AvgIpc) is 2.74. The molecule has 2 aromatic carbocycles. The molecule has 0 radical (unpaired) electrons. The summed E-state index contributed by atoms with van der Waals surface area (Å²) in [4.78, 5) is 25.7. The lowest BCUT2D eigenvalue weighted by molar-refractivity contribution is 0.0524. The van der Waals surface area contributed by atoms with E-state index in [-0.39, 0.29) is 55.7 Å². The second-order valence-corrected chi connectivity index (χ2v) is 7.52. The molecule has 3 rings (SSSR count). The van der Waals surface area contributed by atoms with Crippen molar-refractivity contribution in [1.29, 1.82) is 0 Å². The molecule has 0 atom stereocenters. The van der Waals surface area contributed by atoms with Crippen LogP contribution < -0.4 is 16.5 Å². The van der Waals surface area contributed by atoms with E-state index in [4.69, 9.17) is 10.5 Å². The topological polar surface area (TPSA) is 107 Å². The number of anilines is 2. The standard InChI is InChI=1S/C21H20BrF2N3O4/c1-4-31-21(30)11-7-27(14-6-13(25)12(23)5-10(14)8-28)19-15(20(11)29)9(2)17(24)18(26-3)16(19)22/h5-7,26,28H,4,8,25H2,1-3H3. The Morgan fingerprint density at radius 3 is 2.61 bits per heavy atom. The van der Waals surface area contributed by atoms with Gasteiger partial charge in [-0.15, -0.1) is 0 Å². The van der Waals surface area contributed by atoms with Gasteiger partial charge < -0.3 is 25.5 Å². The fourth-order valence-electron chi connectivity index (χ4n) is 3.42. The van der Waals surface area contributed by atoms with E-state index in [9.17, 15) is 23.5 Å². The Hall–Kier alpha value is -2.98. The Labute approximate surface area is 184 Å². The molecule has 31 heavy (non-hydrogen) atoms. The predicted molar refractivity (Wildman–Crippen MR) is 118 cm³/mol. The van der Waals surface area contributed by atoms with Gasteiger partial charge in [0, 0.05) is 24.4 Å². The van der Waals surface area contributed by atoms with Gasteiger partial charge in [-0.1, -0.05) is 0 Å². The summed E-state index contributed by atoms with van der Waals surface area (Å²) in [7, 11) is 1.51. The van der Waals surface area contributed by atoms with Gasteiger partial charge in [-0.3, -0.25) is 4.79 Å². The molecule has 0 unspecified atom stereocenters. The van der Waals surface area contributed by atoms with Crippen LogP contribution in [0.5, 0.6) is 0 Å². The third-order valence-electron chi connectivity index (χ3n) is 4.93. The molecule has 0 bridgehead atoms. The summed E-state index contributed by atoms with van der Waals surface area (Å²) in [6, 6.07) is 2.33. The van der Waals surface area contributed by atoms with E-state index in [1.54, 1.807) is 6.92 Å². The maximum atomic E-state index is 15.0. The van der Waals surface area contributed by atoms with Crippen LogP contribution in [0, 0.1) is 18.6 Å². The molecular weight excluding hydrogens is 476 g/mol. The van der Waals surface area contributed by atoms with Gasteiger partial charge in [0.1, 0.15) is 11.4 Å². The van der Waals surface area contributed by atoms with Crippen molar-refractivity contribution >= 4 is 44.2 Å². The first-order chi connectivity index (χ1) is 14.7. The highest BCUT2D eigenvalue weighted by atomic mass is 79.9. The molecule has 1 aromatic heterocycles. The van der Waals surface area contributed by atoms with Gasteiger partial charge in [-0.2, -0.15) is 0 Å². The number of nitrogen functional groups attached to an aromatic ring is 1. The van der Waals surface area contributed by atoms with Crippen LogP contribution in [-0.2, 0) is 11.3 Å². The number of aryl methyl sites for hydroxylation is 1. The molecule has 4 N–H and O–H groups in total. The number of rotatable bonds is 5. The number of fused-ring (bicyclic) bond motifs is 1. The highest BCUT2D eigenvalue weighted by molar-refractivity contribution is 9.10. The first-order valence-electron chi connectivity index (χ1n) is 9.28. The molecule has 10 heteroatoms. The Morgan fingerprint density at radius 1 is 1.35 bits per heavy atom. The number of nitrogens with two attached hydrogens (primary N) is 1. The Balaban J connectivity index is 2.61. The van der Waals surface area contributed by atoms with Crippen LogP contribution >= 0.6 is 15.9 Å². The van der Waals surface area contributed by atoms with Crippen LogP contribution in [0.2, 0.25) is 0 Å². The predicted octanol–water partition coefficient (Wildman–Crippen LogP) is 3.63. The van der Waals surface area contributed by atoms with Gasteiger partial charge in [-0.05, 0) is 41.9 Å². The quantitative estimate of drug-likeness (QED) is 0.368. The summed E-state index contributed by atoms with van der Waals surface area (Å²) in [5, 5.41) is 12.5. The van der Waals surface area contributed by atoms with Crippen molar-refractivity contribution in [3.63, 3.8) is 0 Å². The molecule has 0 amide bonds. The van der Waals surface area contributed by atoms with Crippen LogP contribution in [0.15, 0.2) is 27.6 Å². The van der Waals surface area contributed by atoms with Crippen molar-refractivity contribution in [2.75, 3.05) is 24.7 Å². The van der Waals surface area contributed by atoms with Crippen molar-refractivity contribution in [2.45, 2.75) is 20.5 Å². The summed E-state index contributed by atoms with van der Waals surface area (Å²) in [6.45, 7) is 2.48. The molecule has 0 fully saturated rings. The normalized spacial score (nSPS) is 11.1. The van der Waals surface area contributed by atoms with E-state index in [2.05, 4.69) is 21.2 Å². The molecule has 164 valence electrons. The fraction of sp³-hybridized carbons (Fsp3) is 0.238. The number of esters is 1. The molecule has 0 saturated heterocycles. The molecule has 0 spiro atoms. The number of hydrogen-bond acceptors (Lipinski definition) is 6. The molecule has 0 aliphatic heterocycles. The second-order valence-electron chi connectivity index (χ2n) is 6.72. The van der Waals surface area contributed by atoms with E-state index in [1.807, 2.05) is 0 Å². The molecular formula is C21H20BrF2N3O4. The lowest BCUT2D eigenvalue weighted by Gasteiger charge is -2.21. The Bertz CT molecular complexity index is 1270. The Morgan fingerprint density at radius 2 is 2.03 bits per heavy atom. The molecule has 7 nitrogen and oxygen atoms in total. The van der Waals surface area contributed by atoms with Crippen molar-refractivity contribution in [1.82, 2.24) is 4.57 Å². The van der Waals surface area contributed by atoms with Gasteiger partial charge >= 0.3 is 5.97 Å². The van der Waals surface area contributed by atoms with Crippen LogP contribution in [0.4, 0.5) is 20.2 Å². The largest absolute Gasteiger partial charge is 0.462 e. The third kappa shape index (κ3) is 3.66. The van der Waals surface area contributed by atoms with Gasteiger partial charge in [0.2, 0.25) is 5.43 Å². The number of aromatic nitrogens is 1. The van der Waals surface area contributed by atoms with Gasteiger partial charge in [0.25, 0.3) is 0 Å². The van der Waals surface area contributed by atoms with Gasteiger partial charge in [0.05, 0.1) is 45.7 Å². The molecule has 0 aliphatic carbocycles. The number of aliphatic hydroxyl groups excluding tert-OH is 1. The number of benzene rings is 2. The summed E-state index contributed by atoms with van der Waals surface area (Å²) < 4.78 is 35.6. The van der Waals surface area contributed by atoms with E-state index in [0.717, 1.165) is 6.07 Å². The lowest BCUT2D eigenvalue weighted by atomic mass is 10.0. The van der Waals surface area contributed by atoms with E-state index < -0.39 is 29.6 Å².